The topological polar surface area (TPSA) is 101 Å². The van der Waals surface area contributed by atoms with E-state index in [2.05, 4.69) is 10.4 Å². The largest absolute Gasteiger partial charge is 0.354 e. The highest BCUT2D eigenvalue weighted by Gasteiger charge is 2.39. The van der Waals surface area contributed by atoms with Crippen LogP contribution in [-0.2, 0) is 14.8 Å². The summed E-state index contributed by atoms with van der Waals surface area (Å²) in [7, 11) is -3.90. The molecule has 2 aromatic rings. The number of nitrogens with zero attached hydrogens (tertiary/aromatic N) is 3. The van der Waals surface area contributed by atoms with Crippen LogP contribution in [0.15, 0.2) is 40.2 Å². The van der Waals surface area contributed by atoms with Gasteiger partial charge in [0.2, 0.25) is 15.9 Å². The van der Waals surface area contributed by atoms with Crippen molar-refractivity contribution in [2.75, 3.05) is 18.2 Å². The Labute approximate surface area is 188 Å². The fourth-order valence-electron chi connectivity index (χ4n) is 2.78. The highest BCUT2D eigenvalue weighted by atomic mass is 35.5. The van der Waals surface area contributed by atoms with Gasteiger partial charge in [0.15, 0.2) is 0 Å². The van der Waals surface area contributed by atoms with Crippen molar-refractivity contribution in [1.29, 1.82) is 0 Å². The van der Waals surface area contributed by atoms with E-state index in [1.807, 2.05) is 13.8 Å². The third-order valence-electron chi connectivity index (χ3n) is 4.39. The van der Waals surface area contributed by atoms with Crippen LogP contribution >= 0.6 is 35.0 Å². The average Bonchev–Trinajstić information content (AvgIpc) is 3.21. The van der Waals surface area contributed by atoms with Crippen molar-refractivity contribution in [3.63, 3.8) is 0 Å². The van der Waals surface area contributed by atoms with Crippen LogP contribution in [0.5, 0.6) is 0 Å². The zero-order valence-corrected chi connectivity index (χ0v) is 19.4. The molecule has 1 saturated heterocycles. The molecule has 1 N–H and O–H groups in total. The van der Waals surface area contributed by atoms with Gasteiger partial charge in [-0.25, -0.2) is 8.42 Å². The first kappa shape index (κ1) is 23.1. The smallest absolute Gasteiger partial charge is 0.291 e. The maximum Gasteiger partial charge on any atom is 0.291 e. The van der Waals surface area contributed by atoms with Gasteiger partial charge in [-0.3, -0.25) is 9.59 Å². The predicted octanol–water partition coefficient (Wildman–Crippen LogP) is 2.38. The molecule has 3 rings (SSSR count). The number of aromatic nitrogens is 2. The second-order valence-corrected chi connectivity index (χ2v) is 10.7. The van der Waals surface area contributed by atoms with Crippen LogP contribution < -0.4 is 10.9 Å². The number of sulfonamides is 1. The van der Waals surface area contributed by atoms with E-state index in [1.54, 1.807) is 0 Å². The van der Waals surface area contributed by atoms with E-state index in [9.17, 15) is 18.0 Å². The summed E-state index contributed by atoms with van der Waals surface area (Å²) < 4.78 is 28.4. The van der Waals surface area contributed by atoms with E-state index in [1.165, 1.54) is 46.5 Å². The van der Waals surface area contributed by atoms with Gasteiger partial charge in [-0.1, -0.05) is 37.0 Å². The lowest BCUT2D eigenvalue weighted by atomic mass is 10.2. The van der Waals surface area contributed by atoms with Crippen LogP contribution in [0.25, 0.3) is 5.69 Å². The highest BCUT2D eigenvalue weighted by Crippen LogP contribution is 2.29. The molecule has 30 heavy (non-hydrogen) atoms. The van der Waals surface area contributed by atoms with Gasteiger partial charge in [0, 0.05) is 12.3 Å². The zero-order chi connectivity index (χ0) is 22.1. The molecule has 1 atom stereocenters. The molecule has 1 aromatic carbocycles. The molecule has 0 aliphatic carbocycles. The van der Waals surface area contributed by atoms with Crippen molar-refractivity contribution >= 4 is 50.9 Å². The summed E-state index contributed by atoms with van der Waals surface area (Å²) in [6, 6.07) is 4.86. The van der Waals surface area contributed by atoms with Gasteiger partial charge in [0.05, 0.1) is 27.7 Å². The quantitative estimate of drug-likeness (QED) is 0.666. The monoisotopic (exact) mass is 490 g/mol. The highest BCUT2D eigenvalue weighted by molar-refractivity contribution is 8.00. The maximum atomic E-state index is 13.1. The van der Waals surface area contributed by atoms with Gasteiger partial charge in [-0.2, -0.15) is 14.1 Å². The molecule has 1 aliphatic heterocycles. The summed E-state index contributed by atoms with van der Waals surface area (Å²) in [6.07, 6.45) is 1.23. The minimum Gasteiger partial charge on any atom is -0.354 e. The van der Waals surface area contributed by atoms with Crippen LogP contribution in [0.3, 0.4) is 0 Å². The van der Waals surface area contributed by atoms with Crippen LogP contribution in [-0.4, -0.2) is 52.6 Å². The van der Waals surface area contributed by atoms with Crippen molar-refractivity contribution < 1.29 is 13.2 Å². The van der Waals surface area contributed by atoms with Gasteiger partial charge in [0.25, 0.3) is 5.56 Å². The van der Waals surface area contributed by atoms with Crippen LogP contribution in [0.4, 0.5) is 0 Å². The van der Waals surface area contributed by atoms with Gasteiger partial charge in [-0.05, 0) is 30.2 Å². The second-order valence-electron chi connectivity index (χ2n) is 7.06. The summed E-state index contributed by atoms with van der Waals surface area (Å²) in [5, 5.41) is 6.58. The normalized spacial score (nSPS) is 17.4. The summed E-state index contributed by atoms with van der Waals surface area (Å²) in [4.78, 5) is 24.7. The summed E-state index contributed by atoms with van der Waals surface area (Å²) in [5.41, 5.74) is -0.280. The maximum absolute atomic E-state index is 13.1. The average molecular weight is 491 g/mol. The molecular weight excluding hydrogens is 471 g/mol. The number of halogens is 2. The van der Waals surface area contributed by atoms with Gasteiger partial charge in [0.1, 0.15) is 11.1 Å². The molecule has 1 aromatic heterocycles. The Morgan fingerprint density at radius 3 is 2.60 bits per heavy atom. The number of carbonyl (C=O) groups is 1. The molecule has 0 radical (unpaired) electrons. The molecule has 1 unspecified atom stereocenters. The minimum absolute atomic E-state index is 0.0171. The van der Waals surface area contributed by atoms with E-state index < -0.39 is 21.6 Å². The molecule has 0 bridgehead atoms. The molecule has 0 spiro atoms. The van der Waals surface area contributed by atoms with Crippen LogP contribution in [0.1, 0.15) is 13.8 Å². The van der Waals surface area contributed by atoms with E-state index in [0.29, 0.717) is 18.0 Å². The SMILES string of the molecule is CC(C)CNC(=O)C1CSCN1S(=O)(=O)c1ccc(-n2ncc(Cl)c(Cl)c2=O)cc1. The molecule has 1 amide bonds. The summed E-state index contributed by atoms with van der Waals surface area (Å²) in [6.45, 7) is 4.41. The summed E-state index contributed by atoms with van der Waals surface area (Å²) in [5.74, 6) is 0.543. The Hall–Kier alpha value is -1.59. The summed E-state index contributed by atoms with van der Waals surface area (Å²) >= 11 is 13.0. The molecule has 1 aliphatic rings. The number of thioether (sulfide) groups is 1. The van der Waals surface area contributed by atoms with E-state index in [4.69, 9.17) is 23.2 Å². The number of hydrogen-bond donors (Lipinski definition) is 1. The zero-order valence-electron chi connectivity index (χ0n) is 16.2. The van der Waals surface area contributed by atoms with Crippen molar-refractivity contribution in [1.82, 2.24) is 19.4 Å². The third-order valence-corrected chi connectivity index (χ3v) is 8.19. The Balaban J connectivity index is 1.85. The third kappa shape index (κ3) is 4.67. The lowest BCUT2D eigenvalue weighted by Crippen LogP contribution is -2.47. The van der Waals surface area contributed by atoms with Gasteiger partial charge in [-0.15, -0.1) is 11.8 Å². The Bertz CT molecular complexity index is 1100. The molecule has 0 saturated carbocycles. The molecule has 1 fully saturated rings. The molecule has 2 heterocycles. The first-order valence-electron chi connectivity index (χ1n) is 9.04. The lowest BCUT2D eigenvalue weighted by molar-refractivity contribution is -0.123. The number of nitrogens with one attached hydrogen (secondary N) is 1. The Morgan fingerprint density at radius 1 is 1.30 bits per heavy atom. The number of carbonyl (C=O) groups excluding carboxylic acids is 1. The molecule has 162 valence electrons. The lowest BCUT2D eigenvalue weighted by Gasteiger charge is -2.23. The molecule has 8 nitrogen and oxygen atoms in total. The number of rotatable bonds is 6. The van der Waals surface area contributed by atoms with Gasteiger partial charge >= 0.3 is 0 Å². The van der Waals surface area contributed by atoms with E-state index in [-0.39, 0.29) is 32.6 Å². The molecular formula is C18H20Cl2N4O4S2. The van der Waals surface area contributed by atoms with Crippen LogP contribution in [0.2, 0.25) is 10.0 Å². The molecule has 12 heteroatoms. The van der Waals surface area contributed by atoms with Gasteiger partial charge < -0.3 is 5.32 Å². The fraction of sp³-hybridized carbons (Fsp3) is 0.389. The van der Waals surface area contributed by atoms with Crippen LogP contribution in [0, 0.1) is 5.92 Å². The number of hydrogen-bond acceptors (Lipinski definition) is 6. The predicted molar refractivity (Wildman–Crippen MR) is 118 cm³/mol. The van der Waals surface area contributed by atoms with E-state index >= 15 is 0 Å². The van der Waals surface area contributed by atoms with Crippen molar-refractivity contribution in [2.24, 2.45) is 5.92 Å². The fourth-order valence-corrected chi connectivity index (χ4v) is 6.19. The van der Waals surface area contributed by atoms with E-state index in [0.717, 1.165) is 4.68 Å². The Morgan fingerprint density at radius 2 is 1.97 bits per heavy atom. The number of amides is 1. The van der Waals surface area contributed by atoms with Crippen molar-refractivity contribution in [2.45, 2.75) is 24.8 Å². The first-order valence-corrected chi connectivity index (χ1v) is 12.4. The number of benzene rings is 1. The second kappa shape index (κ2) is 9.27. The first-order chi connectivity index (χ1) is 14.1. The van der Waals surface area contributed by atoms with Crippen molar-refractivity contribution in [3.05, 3.63) is 50.9 Å². The standard InChI is InChI=1S/C18H20Cl2N4O4S2/c1-11(2)7-21-17(25)15-9-29-10-23(15)30(27,28)13-5-3-12(4-6-13)24-18(26)16(20)14(19)8-22-24/h3-6,8,11,15H,7,9-10H2,1-2H3,(H,21,25). The minimum atomic E-state index is -3.90. The Kier molecular flexibility index (Phi) is 7.13. The van der Waals surface area contributed by atoms with Crippen molar-refractivity contribution in [3.8, 4) is 5.69 Å².